The predicted octanol–water partition coefficient (Wildman–Crippen LogP) is 2.01. The number of nitrogens with one attached hydrogen (secondary N) is 2. The zero-order chi connectivity index (χ0) is 19.0. The lowest BCUT2D eigenvalue weighted by Crippen LogP contribution is -2.49. The predicted molar refractivity (Wildman–Crippen MR) is 98.4 cm³/mol. The summed E-state index contributed by atoms with van der Waals surface area (Å²) in [5.74, 6) is 0.824. The standard InChI is InChI=1S/C18H29FN4O2/c1-13(25-15-9-7-14(19)8-10-15)11-21-17(20-5)23(6)12-16(24)22-18(2,3)4/h7-10,13H,11-12H2,1-6H3,(H,20,21)(H,22,24). The van der Waals surface area contributed by atoms with E-state index in [-0.39, 0.29) is 29.9 Å². The van der Waals surface area contributed by atoms with Gasteiger partial charge in [-0.15, -0.1) is 0 Å². The molecule has 25 heavy (non-hydrogen) atoms. The molecule has 1 unspecified atom stereocenters. The van der Waals surface area contributed by atoms with Crippen LogP contribution in [0.15, 0.2) is 29.3 Å². The van der Waals surface area contributed by atoms with Gasteiger partial charge in [0, 0.05) is 19.6 Å². The number of carbonyl (C=O) groups excluding carboxylic acids is 1. The third-order valence-electron chi connectivity index (χ3n) is 3.17. The van der Waals surface area contributed by atoms with Crippen molar-refractivity contribution in [2.75, 3.05) is 27.2 Å². The Balaban J connectivity index is 2.47. The molecule has 0 fully saturated rings. The molecule has 0 saturated heterocycles. The number of benzene rings is 1. The van der Waals surface area contributed by atoms with Gasteiger partial charge in [-0.2, -0.15) is 0 Å². The summed E-state index contributed by atoms with van der Waals surface area (Å²) in [7, 11) is 3.45. The van der Waals surface area contributed by atoms with Gasteiger partial charge in [-0.25, -0.2) is 4.39 Å². The molecular weight excluding hydrogens is 323 g/mol. The highest BCUT2D eigenvalue weighted by molar-refractivity contribution is 5.86. The molecule has 1 aromatic rings. The molecule has 7 heteroatoms. The first-order valence-electron chi connectivity index (χ1n) is 8.25. The summed E-state index contributed by atoms with van der Waals surface area (Å²) in [6.45, 7) is 8.40. The number of hydrogen-bond acceptors (Lipinski definition) is 3. The number of carbonyl (C=O) groups is 1. The topological polar surface area (TPSA) is 66.0 Å². The van der Waals surface area contributed by atoms with E-state index in [9.17, 15) is 9.18 Å². The smallest absolute Gasteiger partial charge is 0.240 e. The second kappa shape index (κ2) is 9.25. The van der Waals surface area contributed by atoms with Gasteiger partial charge in [0.1, 0.15) is 17.7 Å². The number of rotatable bonds is 6. The molecule has 0 spiro atoms. The van der Waals surface area contributed by atoms with Gasteiger partial charge in [0.05, 0.1) is 13.1 Å². The Morgan fingerprint density at radius 1 is 1.32 bits per heavy atom. The van der Waals surface area contributed by atoms with Gasteiger partial charge in [-0.3, -0.25) is 9.79 Å². The first kappa shape index (κ1) is 20.7. The molecule has 0 bridgehead atoms. The largest absolute Gasteiger partial charge is 0.489 e. The lowest BCUT2D eigenvalue weighted by molar-refractivity contribution is -0.122. The quantitative estimate of drug-likeness (QED) is 0.607. The molecule has 0 aliphatic heterocycles. The van der Waals surface area contributed by atoms with E-state index in [0.29, 0.717) is 18.3 Å². The van der Waals surface area contributed by atoms with Crippen LogP contribution in [-0.2, 0) is 4.79 Å². The molecule has 140 valence electrons. The van der Waals surface area contributed by atoms with Crippen molar-refractivity contribution in [3.63, 3.8) is 0 Å². The van der Waals surface area contributed by atoms with Crippen LogP contribution >= 0.6 is 0 Å². The van der Waals surface area contributed by atoms with Crippen molar-refractivity contribution in [2.45, 2.75) is 39.3 Å². The molecule has 1 atom stereocenters. The molecule has 0 saturated carbocycles. The van der Waals surface area contributed by atoms with Crippen LogP contribution in [0.3, 0.4) is 0 Å². The zero-order valence-corrected chi connectivity index (χ0v) is 15.9. The Hall–Kier alpha value is -2.31. The molecule has 0 aliphatic rings. The van der Waals surface area contributed by atoms with Crippen LogP contribution in [0.25, 0.3) is 0 Å². The van der Waals surface area contributed by atoms with Gasteiger partial charge in [0.15, 0.2) is 5.96 Å². The maximum Gasteiger partial charge on any atom is 0.240 e. The van der Waals surface area contributed by atoms with Crippen LogP contribution in [0.1, 0.15) is 27.7 Å². The number of aliphatic imine (C=N–C) groups is 1. The fraction of sp³-hybridized carbons (Fsp3) is 0.556. The maximum atomic E-state index is 12.9. The Bertz CT molecular complexity index is 582. The van der Waals surface area contributed by atoms with Crippen molar-refractivity contribution in [1.82, 2.24) is 15.5 Å². The third kappa shape index (κ3) is 8.37. The molecule has 0 radical (unpaired) electrons. The van der Waals surface area contributed by atoms with E-state index < -0.39 is 0 Å². The van der Waals surface area contributed by atoms with Gasteiger partial charge in [0.2, 0.25) is 5.91 Å². The van der Waals surface area contributed by atoms with Gasteiger partial charge in [-0.05, 0) is 52.0 Å². The molecule has 1 aromatic carbocycles. The van der Waals surface area contributed by atoms with Crippen molar-refractivity contribution in [1.29, 1.82) is 0 Å². The summed E-state index contributed by atoms with van der Waals surface area (Å²) >= 11 is 0. The zero-order valence-electron chi connectivity index (χ0n) is 15.9. The highest BCUT2D eigenvalue weighted by Gasteiger charge is 2.17. The van der Waals surface area contributed by atoms with E-state index in [1.54, 1.807) is 31.1 Å². The molecular formula is C18H29FN4O2. The van der Waals surface area contributed by atoms with Gasteiger partial charge in [-0.1, -0.05) is 0 Å². The Morgan fingerprint density at radius 2 is 1.92 bits per heavy atom. The van der Waals surface area contributed by atoms with Gasteiger partial charge >= 0.3 is 0 Å². The Labute approximate surface area is 149 Å². The third-order valence-corrected chi connectivity index (χ3v) is 3.17. The SMILES string of the molecule is CN=C(NCC(C)Oc1ccc(F)cc1)N(C)CC(=O)NC(C)(C)C. The fourth-order valence-corrected chi connectivity index (χ4v) is 2.15. The van der Waals surface area contributed by atoms with Gasteiger partial charge in [0.25, 0.3) is 0 Å². The maximum absolute atomic E-state index is 12.9. The minimum absolute atomic E-state index is 0.0754. The first-order chi connectivity index (χ1) is 11.6. The van der Waals surface area contributed by atoms with Gasteiger partial charge < -0.3 is 20.3 Å². The van der Waals surface area contributed by atoms with Crippen molar-refractivity contribution in [3.05, 3.63) is 30.1 Å². The summed E-state index contributed by atoms with van der Waals surface area (Å²) in [4.78, 5) is 17.9. The fourth-order valence-electron chi connectivity index (χ4n) is 2.15. The summed E-state index contributed by atoms with van der Waals surface area (Å²) in [6.07, 6.45) is -0.154. The highest BCUT2D eigenvalue weighted by atomic mass is 19.1. The molecule has 0 heterocycles. The van der Waals surface area contributed by atoms with E-state index in [1.165, 1.54) is 12.1 Å². The number of likely N-dealkylation sites (N-methyl/N-ethyl adjacent to an activating group) is 1. The van der Waals surface area contributed by atoms with Crippen LogP contribution in [0.4, 0.5) is 4.39 Å². The second-order valence-electron chi connectivity index (χ2n) is 6.96. The van der Waals surface area contributed by atoms with Crippen LogP contribution < -0.4 is 15.4 Å². The van der Waals surface area contributed by atoms with Crippen molar-refractivity contribution < 1.29 is 13.9 Å². The minimum Gasteiger partial charge on any atom is -0.489 e. The number of hydrogen-bond donors (Lipinski definition) is 2. The minimum atomic E-state index is -0.298. The Kier molecular flexibility index (Phi) is 7.67. The molecule has 1 amide bonds. The average molecular weight is 352 g/mol. The van der Waals surface area contributed by atoms with Crippen LogP contribution in [0.5, 0.6) is 5.75 Å². The molecule has 0 aliphatic carbocycles. The number of guanidine groups is 1. The lowest BCUT2D eigenvalue weighted by atomic mass is 10.1. The Morgan fingerprint density at radius 3 is 2.44 bits per heavy atom. The van der Waals surface area contributed by atoms with E-state index in [1.807, 2.05) is 27.7 Å². The van der Waals surface area contributed by atoms with Crippen LogP contribution in [-0.4, -0.2) is 55.6 Å². The summed E-state index contributed by atoms with van der Waals surface area (Å²) in [5, 5.41) is 6.08. The first-order valence-corrected chi connectivity index (χ1v) is 8.25. The van der Waals surface area contributed by atoms with E-state index in [0.717, 1.165) is 0 Å². The van der Waals surface area contributed by atoms with E-state index in [4.69, 9.17) is 4.74 Å². The monoisotopic (exact) mass is 352 g/mol. The summed E-state index contributed by atoms with van der Waals surface area (Å²) < 4.78 is 18.6. The average Bonchev–Trinajstić information content (AvgIpc) is 2.48. The van der Waals surface area contributed by atoms with E-state index >= 15 is 0 Å². The summed E-state index contributed by atoms with van der Waals surface area (Å²) in [5.41, 5.74) is -0.271. The number of halogens is 1. The van der Waals surface area contributed by atoms with E-state index in [2.05, 4.69) is 15.6 Å². The second-order valence-corrected chi connectivity index (χ2v) is 6.96. The molecule has 0 aromatic heterocycles. The molecule has 1 rings (SSSR count). The van der Waals surface area contributed by atoms with Crippen LogP contribution in [0.2, 0.25) is 0 Å². The number of ether oxygens (including phenoxy) is 1. The number of amides is 1. The summed E-state index contributed by atoms with van der Waals surface area (Å²) in [6, 6.07) is 5.89. The lowest BCUT2D eigenvalue weighted by Gasteiger charge is -2.26. The van der Waals surface area contributed by atoms with Crippen LogP contribution in [0, 0.1) is 5.82 Å². The molecule has 6 nitrogen and oxygen atoms in total. The van der Waals surface area contributed by atoms with Crippen molar-refractivity contribution in [2.24, 2.45) is 4.99 Å². The normalized spacial score (nSPS) is 13.2. The highest BCUT2D eigenvalue weighted by Crippen LogP contribution is 2.12. The number of nitrogens with zero attached hydrogens (tertiary/aromatic N) is 2. The van der Waals surface area contributed by atoms with Crippen molar-refractivity contribution >= 4 is 11.9 Å². The molecule has 2 N–H and O–H groups in total. The van der Waals surface area contributed by atoms with Crippen molar-refractivity contribution in [3.8, 4) is 5.75 Å².